The van der Waals surface area contributed by atoms with Gasteiger partial charge in [-0.25, -0.2) is 0 Å². The average molecular weight is 447 g/mol. The van der Waals surface area contributed by atoms with E-state index >= 15 is 0 Å². The van der Waals surface area contributed by atoms with Gasteiger partial charge < -0.3 is 10.2 Å². The zero-order valence-electron chi connectivity index (χ0n) is 18.1. The van der Waals surface area contributed by atoms with Crippen LogP contribution in [0.5, 0.6) is 0 Å². The summed E-state index contributed by atoms with van der Waals surface area (Å²) < 4.78 is 0. The van der Waals surface area contributed by atoms with Crippen LogP contribution >= 0.6 is 11.6 Å². The highest BCUT2D eigenvalue weighted by atomic mass is 35.5. The van der Waals surface area contributed by atoms with Gasteiger partial charge in [0.2, 0.25) is 5.91 Å². The highest BCUT2D eigenvalue weighted by molar-refractivity contribution is 6.30. The third-order valence-corrected chi connectivity index (χ3v) is 6.40. The van der Waals surface area contributed by atoms with Crippen molar-refractivity contribution < 1.29 is 9.59 Å². The van der Waals surface area contributed by atoms with Gasteiger partial charge in [0.1, 0.15) is 0 Å². The lowest BCUT2D eigenvalue weighted by atomic mass is 9.87. The molecule has 32 heavy (non-hydrogen) atoms. The minimum Gasteiger partial charge on any atom is -0.349 e. The third kappa shape index (κ3) is 5.03. The van der Waals surface area contributed by atoms with Gasteiger partial charge in [-0.1, -0.05) is 72.3 Å². The smallest absolute Gasteiger partial charge is 0.254 e. The molecule has 4 nitrogen and oxygen atoms in total. The van der Waals surface area contributed by atoms with E-state index in [4.69, 9.17) is 11.6 Å². The zero-order valence-corrected chi connectivity index (χ0v) is 18.8. The Kier molecular flexibility index (Phi) is 6.91. The largest absolute Gasteiger partial charge is 0.349 e. The predicted molar refractivity (Wildman–Crippen MR) is 127 cm³/mol. The summed E-state index contributed by atoms with van der Waals surface area (Å²) in [6.07, 6.45) is 1.47. The number of amides is 2. The van der Waals surface area contributed by atoms with E-state index in [2.05, 4.69) is 5.32 Å². The van der Waals surface area contributed by atoms with Crippen LogP contribution in [-0.2, 0) is 4.79 Å². The maximum Gasteiger partial charge on any atom is 0.254 e. The quantitative estimate of drug-likeness (QED) is 0.537. The van der Waals surface area contributed by atoms with Gasteiger partial charge in [0.05, 0.1) is 18.0 Å². The van der Waals surface area contributed by atoms with Crippen LogP contribution in [-0.4, -0.2) is 23.3 Å². The van der Waals surface area contributed by atoms with Gasteiger partial charge in [-0.2, -0.15) is 0 Å². The Morgan fingerprint density at radius 3 is 2.19 bits per heavy atom. The SMILES string of the molecule is CC(NC(=O)C1CCC(c2ccccc2)N(C(=O)c2ccc(Cl)cc2)C1)c1ccccc1. The summed E-state index contributed by atoms with van der Waals surface area (Å²) in [5.74, 6) is -0.344. The summed E-state index contributed by atoms with van der Waals surface area (Å²) in [5, 5.41) is 3.72. The zero-order chi connectivity index (χ0) is 22.5. The molecule has 3 atom stereocenters. The number of rotatable bonds is 5. The number of likely N-dealkylation sites (tertiary alicyclic amines) is 1. The fourth-order valence-corrected chi connectivity index (χ4v) is 4.47. The number of hydrogen-bond donors (Lipinski definition) is 1. The second-order valence-corrected chi connectivity index (χ2v) is 8.74. The van der Waals surface area contributed by atoms with Gasteiger partial charge in [0, 0.05) is 17.1 Å². The third-order valence-electron chi connectivity index (χ3n) is 6.15. The summed E-state index contributed by atoms with van der Waals surface area (Å²) >= 11 is 6.01. The number of nitrogens with one attached hydrogen (secondary N) is 1. The van der Waals surface area contributed by atoms with Crippen molar-refractivity contribution in [1.29, 1.82) is 0 Å². The van der Waals surface area contributed by atoms with Crippen molar-refractivity contribution in [2.45, 2.75) is 31.8 Å². The van der Waals surface area contributed by atoms with Gasteiger partial charge >= 0.3 is 0 Å². The van der Waals surface area contributed by atoms with Crippen molar-refractivity contribution in [2.75, 3.05) is 6.54 Å². The van der Waals surface area contributed by atoms with Crippen LogP contribution in [0.4, 0.5) is 0 Å². The fraction of sp³-hybridized carbons (Fsp3) is 0.259. The summed E-state index contributed by atoms with van der Waals surface area (Å²) in [6.45, 7) is 2.37. The van der Waals surface area contributed by atoms with Crippen molar-refractivity contribution in [2.24, 2.45) is 5.92 Å². The molecule has 1 saturated heterocycles. The topological polar surface area (TPSA) is 49.4 Å². The molecule has 1 fully saturated rings. The molecule has 164 valence electrons. The van der Waals surface area contributed by atoms with Crippen LogP contribution < -0.4 is 5.32 Å². The van der Waals surface area contributed by atoms with E-state index in [1.54, 1.807) is 24.3 Å². The maximum atomic E-state index is 13.5. The first kappa shape index (κ1) is 22.1. The van der Waals surface area contributed by atoms with Crippen LogP contribution in [0, 0.1) is 5.92 Å². The van der Waals surface area contributed by atoms with Crippen molar-refractivity contribution in [3.63, 3.8) is 0 Å². The van der Waals surface area contributed by atoms with Crippen LogP contribution in [0.15, 0.2) is 84.9 Å². The Balaban J connectivity index is 1.54. The molecule has 3 aromatic carbocycles. The standard InChI is InChI=1S/C27H27ClN2O2/c1-19(20-8-4-2-5-9-20)29-26(31)23-14-17-25(21-10-6-3-7-11-21)30(18-23)27(32)22-12-15-24(28)16-13-22/h2-13,15-16,19,23,25H,14,17-18H2,1H3,(H,29,31). The first-order chi connectivity index (χ1) is 15.5. The van der Waals surface area contributed by atoms with Crippen molar-refractivity contribution in [3.05, 3.63) is 107 Å². The van der Waals surface area contributed by atoms with E-state index in [9.17, 15) is 9.59 Å². The van der Waals surface area contributed by atoms with E-state index in [-0.39, 0.29) is 29.8 Å². The summed E-state index contributed by atoms with van der Waals surface area (Å²) in [5.41, 5.74) is 2.73. The van der Waals surface area contributed by atoms with Gasteiger partial charge in [-0.05, 0) is 55.2 Å². The molecule has 3 aromatic rings. The molecular weight excluding hydrogens is 420 g/mol. The average Bonchev–Trinajstić information content (AvgIpc) is 2.84. The lowest BCUT2D eigenvalue weighted by molar-refractivity contribution is -0.127. The van der Waals surface area contributed by atoms with E-state index in [0.717, 1.165) is 24.0 Å². The van der Waals surface area contributed by atoms with Crippen LogP contribution in [0.1, 0.15) is 53.3 Å². The Hall–Kier alpha value is -3.11. The molecule has 4 rings (SSSR count). The molecule has 1 heterocycles. The number of benzene rings is 3. The molecule has 5 heteroatoms. The summed E-state index contributed by atoms with van der Waals surface area (Å²) in [4.78, 5) is 28.4. The number of nitrogens with zero attached hydrogens (tertiary/aromatic N) is 1. The number of hydrogen-bond acceptors (Lipinski definition) is 2. The molecule has 0 bridgehead atoms. The Labute approximate surface area is 194 Å². The highest BCUT2D eigenvalue weighted by Gasteiger charge is 2.36. The number of piperidine rings is 1. The molecule has 1 aliphatic heterocycles. The molecule has 0 aromatic heterocycles. The lowest BCUT2D eigenvalue weighted by Crippen LogP contribution is -2.47. The van der Waals surface area contributed by atoms with Crippen LogP contribution in [0.3, 0.4) is 0 Å². The van der Waals surface area contributed by atoms with Crippen LogP contribution in [0.25, 0.3) is 0 Å². The minimum atomic E-state index is -0.252. The summed E-state index contributed by atoms with van der Waals surface area (Å²) in [7, 11) is 0. The molecule has 0 spiro atoms. The molecule has 2 amide bonds. The Morgan fingerprint density at radius 2 is 1.53 bits per heavy atom. The predicted octanol–water partition coefficient (Wildman–Crippen LogP) is 5.81. The van der Waals surface area contributed by atoms with Crippen molar-refractivity contribution in [1.82, 2.24) is 10.2 Å². The highest BCUT2D eigenvalue weighted by Crippen LogP contribution is 2.35. The summed E-state index contributed by atoms with van der Waals surface area (Å²) in [6, 6.07) is 26.7. The van der Waals surface area contributed by atoms with E-state index in [0.29, 0.717) is 17.1 Å². The van der Waals surface area contributed by atoms with E-state index < -0.39 is 0 Å². The molecule has 1 N–H and O–H groups in total. The van der Waals surface area contributed by atoms with Crippen molar-refractivity contribution >= 4 is 23.4 Å². The van der Waals surface area contributed by atoms with Gasteiger partial charge in [0.25, 0.3) is 5.91 Å². The van der Waals surface area contributed by atoms with E-state index in [1.165, 1.54) is 0 Å². The Bertz CT molecular complexity index is 1050. The molecule has 0 radical (unpaired) electrons. The molecule has 0 aliphatic carbocycles. The molecule has 3 unspecified atom stereocenters. The normalized spacial score (nSPS) is 19.2. The second kappa shape index (κ2) is 10.0. The number of halogens is 1. The van der Waals surface area contributed by atoms with Crippen LogP contribution in [0.2, 0.25) is 5.02 Å². The van der Waals surface area contributed by atoms with E-state index in [1.807, 2.05) is 72.5 Å². The maximum absolute atomic E-state index is 13.5. The van der Waals surface area contributed by atoms with Gasteiger partial charge in [-0.3, -0.25) is 9.59 Å². The van der Waals surface area contributed by atoms with Crippen molar-refractivity contribution in [3.8, 4) is 0 Å². The number of carbonyl (C=O) groups is 2. The molecule has 1 aliphatic rings. The Morgan fingerprint density at radius 1 is 0.906 bits per heavy atom. The fourth-order valence-electron chi connectivity index (χ4n) is 4.35. The number of carbonyl (C=O) groups excluding carboxylic acids is 2. The van der Waals surface area contributed by atoms with Gasteiger partial charge in [-0.15, -0.1) is 0 Å². The first-order valence-electron chi connectivity index (χ1n) is 11.0. The van der Waals surface area contributed by atoms with Gasteiger partial charge in [0.15, 0.2) is 0 Å². The molecular formula is C27H27ClN2O2. The second-order valence-electron chi connectivity index (χ2n) is 8.31. The minimum absolute atomic E-state index is 0.0122. The first-order valence-corrected chi connectivity index (χ1v) is 11.4. The molecule has 0 saturated carbocycles. The monoisotopic (exact) mass is 446 g/mol. The lowest BCUT2D eigenvalue weighted by Gasteiger charge is -2.40.